The summed E-state index contributed by atoms with van der Waals surface area (Å²) in [6.45, 7) is 3.25. The fraction of sp³-hybridized carbons (Fsp3) is 0.818. The topological polar surface area (TPSA) is 84.9 Å². The minimum atomic E-state index is -0.998. The van der Waals surface area contributed by atoms with Crippen LogP contribution >= 0.6 is 11.8 Å². The highest BCUT2D eigenvalue weighted by atomic mass is 32.2. The standard InChI is InChI=1S/C11H22N4O3S/c1-14-4-6-15(7-5-14)13-11(18)12-9(10(16)17)3-8-19-2/h9H,3-8H2,1-2H3,(H,16,17)(H2,12,13,18). The average molecular weight is 290 g/mol. The Bertz CT molecular complexity index is 308. The number of thioether (sulfide) groups is 1. The molecule has 2 amide bonds. The Balaban J connectivity index is 2.33. The maximum Gasteiger partial charge on any atom is 0.330 e. The summed E-state index contributed by atoms with van der Waals surface area (Å²) in [7, 11) is 2.03. The average Bonchev–Trinajstić information content (AvgIpc) is 2.37. The van der Waals surface area contributed by atoms with Gasteiger partial charge in [0.2, 0.25) is 0 Å². The van der Waals surface area contributed by atoms with Gasteiger partial charge in [-0.15, -0.1) is 0 Å². The van der Waals surface area contributed by atoms with Gasteiger partial charge in [0, 0.05) is 26.2 Å². The van der Waals surface area contributed by atoms with Gasteiger partial charge in [-0.05, 0) is 25.5 Å². The van der Waals surface area contributed by atoms with Crippen LogP contribution in [0.2, 0.25) is 0 Å². The second-order valence-corrected chi connectivity index (χ2v) is 5.53. The van der Waals surface area contributed by atoms with E-state index in [2.05, 4.69) is 15.6 Å². The number of carbonyl (C=O) groups is 2. The number of carbonyl (C=O) groups excluding carboxylic acids is 1. The highest BCUT2D eigenvalue weighted by Crippen LogP contribution is 2.01. The van der Waals surface area contributed by atoms with Gasteiger partial charge in [-0.1, -0.05) is 0 Å². The molecule has 19 heavy (non-hydrogen) atoms. The molecule has 0 saturated carbocycles. The summed E-state index contributed by atoms with van der Waals surface area (Å²) < 4.78 is 0. The van der Waals surface area contributed by atoms with Crippen molar-refractivity contribution < 1.29 is 14.7 Å². The zero-order chi connectivity index (χ0) is 14.3. The fourth-order valence-electron chi connectivity index (χ4n) is 1.75. The number of nitrogens with one attached hydrogen (secondary N) is 2. The van der Waals surface area contributed by atoms with E-state index in [-0.39, 0.29) is 0 Å². The van der Waals surface area contributed by atoms with E-state index in [4.69, 9.17) is 5.11 Å². The van der Waals surface area contributed by atoms with Gasteiger partial charge in [-0.25, -0.2) is 14.6 Å². The van der Waals surface area contributed by atoms with Crippen LogP contribution < -0.4 is 10.7 Å². The predicted octanol–water partition coefficient (Wildman–Crippen LogP) is -0.346. The molecule has 3 N–H and O–H groups in total. The first-order valence-corrected chi connectivity index (χ1v) is 7.64. The Hall–Kier alpha value is -0.990. The van der Waals surface area contributed by atoms with Crippen molar-refractivity contribution in [2.45, 2.75) is 12.5 Å². The van der Waals surface area contributed by atoms with Crippen LogP contribution in [0.4, 0.5) is 4.79 Å². The second kappa shape index (κ2) is 8.23. The van der Waals surface area contributed by atoms with E-state index in [1.165, 1.54) is 0 Å². The zero-order valence-corrected chi connectivity index (χ0v) is 12.2. The molecule has 1 aliphatic rings. The van der Waals surface area contributed by atoms with Gasteiger partial charge < -0.3 is 15.3 Å². The molecule has 1 atom stereocenters. The first-order valence-electron chi connectivity index (χ1n) is 6.25. The number of hydrogen-bond acceptors (Lipinski definition) is 5. The number of carboxylic acids is 1. The van der Waals surface area contributed by atoms with Gasteiger partial charge in [0.25, 0.3) is 0 Å². The van der Waals surface area contributed by atoms with Crippen LogP contribution in [0.15, 0.2) is 0 Å². The number of likely N-dealkylation sites (N-methyl/N-ethyl adjacent to an activating group) is 1. The number of amides is 2. The van der Waals surface area contributed by atoms with Crippen molar-refractivity contribution in [2.24, 2.45) is 0 Å². The normalized spacial score (nSPS) is 18.8. The van der Waals surface area contributed by atoms with Crippen LogP contribution in [0.5, 0.6) is 0 Å². The first-order chi connectivity index (χ1) is 9.02. The molecule has 1 fully saturated rings. The highest BCUT2D eigenvalue weighted by Gasteiger charge is 2.21. The summed E-state index contributed by atoms with van der Waals surface area (Å²) >= 11 is 1.56. The van der Waals surface area contributed by atoms with Gasteiger partial charge in [-0.3, -0.25) is 5.43 Å². The van der Waals surface area contributed by atoms with Crippen molar-refractivity contribution in [2.75, 3.05) is 45.2 Å². The number of urea groups is 1. The molecule has 0 aromatic heterocycles. The molecule has 7 nitrogen and oxygen atoms in total. The lowest BCUT2D eigenvalue weighted by Gasteiger charge is -2.32. The smallest absolute Gasteiger partial charge is 0.330 e. The van der Waals surface area contributed by atoms with Crippen LogP contribution in [0.1, 0.15) is 6.42 Å². The van der Waals surface area contributed by atoms with Crippen LogP contribution in [0, 0.1) is 0 Å². The molecular weight excluding hydrogens is 268 g/mol. The van der Waals surface area contributed by atoms with Crippen LogP contribution in [0.25, 0.3) is 0 Å². The van der Waals surface area contributed by atoms with Gasteiger partial charge in [0.1, 0.15) is 6.04 Å². The van der Waals surface area contributed by atoms with E-state index < -0.39 is 18.0 Å². The number of nitrogens with zero attached hydrogens (tertiary/aromatic N) is 2. The molecule has 0 spiro atoms. The van der Waals surface area contributed by atoms with E-state index >= 15 is 0 Å². The van der Waals surface area contributed by atoms with E-state index in [0.717, 1.165) is 26.2 Å². The van der Waals surface area contributed by atoms with E-state index in [1.54, 1.807) is 11.8 Å². The molecule has 0 aromatic carbocycles. The molecule has 0 radical (unpaired) electrons. The quantitative estimate of drug-likeness (QED) is 0.620. The summed E-state index contributed by atoms with van der Waals surface area (Å²) in [4.78, 5) is 24.9. The molecule has 1 heterocycles. The number of carboxylic acid groups (broad SMARTS) is 1. The Morgan fingerprint density at radius 3 is 2.47 bits per heavy atom. The number of hydrogen-bond donors (Lipinski definition) is 3. The molecule has 0 aliphatic carbocycles. The molecule has 8 heteroatoms. The minimum Gasteiger partial charge on any atom is -0.480 e. The summed E-state index contributed by atoms with van der Waals surface area (Å²) in [5, 5.41) is 13.3. The lowest BCUT2D eigenvalue weighted by molar-refractivity contribution is -0.139. The molecule has 0 aromatic rings. The molecule has 1 saturated heterocycles. The van der Waals surface area contributed by atoms with Gasteiger partial charge in [0.05, 0.1) is 0 Å². The van der Waals surface area contributed by atoms with Crippen molar-refractivity contribution in [3.63, 3.8) is 0 Å². The van der Waals surface area contributed by atoms with Crippen molar-refractivity contribution >= 4 is 23.8 Å². The molecule has 110 valence electrons. The monoisotopic (exact) mass is 290 g/mol. The van der Waals surface area contributed by atoms with Crippen molar-refractivity contribution in [1.82, 2.24) is 20.7 Å². The molecular formula is C11H22N4O3S. The first kappa shape index (κ1) is 16.1. The third-order valence-electron chi connectivity index (χ3n) is 2.98. The summed E-state index contributed by atoms with van der Waals surface area (Å²) in [5.41, 5.74) is 2.69. The van der Waals surface area contributed by atoms with Crippen LogP contribution in [0.3, 0.4) is 0 Å². The second-order valence-electron chi connectivity index (χ2n) is 4.55. The van der Waals surface area contributed by atoms with E-state index in [0.29, 0.717) is 12.2 Å². The Morgan fingerprint density at radius 1 is 1.32 bits per heavy atom. The minimum absolute atomic E-state index is 0.423. The molecule has 1 rings (SSSR count). The van der Waals surface area contributed by atoms with Crippen LogP contribution in [-0.4, -0.2) is 78.3 Å². The zero-order valence-electron chi connectivity index (χ0n) is 11.4. The van der Waals surface area contributed by atoms with Gasteiger partial charge in [-0.2, -0.15) is 11.8 Å². The van der Waals surface area contributed by atoms with E-state index in [1.807, 2.05) is 18.3 Å². The number of piperazine rings is 1. The van der Waals surface area contributed by atoms with Gasteiger partial charge in [0.15, 0.2) is 0 Å². The summed E-state index contributed by atoms with van der Waals surface area (Å²) in [5.74, 6) is -0.297. The Kier molecular flexibility index (Phi) is 6.96. The van der Waals surface area contributed by atoms with Gasteiger partial charge >= 0.3 is 12.0 Å². The van der Waals surface area contributed by atoms with E-state index in [9.17, 15) is 9.59 Å². The Labute approximate surface area is 117 Å². The maximum atomic E-state index is 11.7. The third kappa shape index (κ3) is 6.13. The number of rotatable bonds is 6. The lowest BCUT2D eigenvalue weighted by Crippen LogP contribution is -2.56. The fourth-order valence-corrected chi connectivity index (χ4v) is 2.22. The summed E-state index contributed by atoms with van der Waals surface area (Å²) in [6.07, 6.45) is 2.33. The largest absolute Gasteiger partial charge is 0.480 e. The number of hydrazine groups is 1. The molecule has 1 unspecified atom stereocenters. The number of aliphatic carboxylic acids is 1. The van der Waals surface area contributed by atoms with Crippen molar-refractivity contribution in [3.8, 4) is 0 Å². The Morgan fingerprint density at radius 2 is 1.95 bits per heavy atom. The SMILES string of the molecule is CSCCC(NC(=O)NN1CCN(C)CC1)C(=O)O. The van der Waals surface area contributed by atoms with Crippen molar-refractivity contribution in [3.05, 3.63) is 0 Å². The molecule has 0 bridgehead atoms. The third-order valence-corrected chi connectivity index (χ3v) is 3.62. The van der Waals surface area contributed by atoms with Crippen LogP contribution in [-0.2, 0) is 4.79 Å². The lowest BCUT2D eigenvalue weighted by atomic mass is 10.2. The summed E-state index contributed by atoms with van der Waals surface area (Å²) in [6, 6.07) is -1.28. The highest BCUT2D eigenvalue weighted by molar-refractivity contribution is 7.98. The predicted molar refractivity (Wildman–Crippen MR) is 75.2 cm³/mol. The van der Waals surface area contributed by atoms with Crippen molar-refractivity contribution in [1.29, 1.82) is 0 Å². The molecule has 1 aliphatic heterocycles. The maximum absolute atomic E-state index is 11.7.